The molecule has 2 atom stereocenters. The molecule has 0 aromatic rings. The van der Waals surface area contributed by atoms with Gasteiger partial charge in [0, 0.05) is 13.1 Å². The Balaban J connectivity index is 1.59. The number of nitrogens with zero attached hydrogens (tertiary/aromatic N) is 1. The van der Waals surface area contributed by atoms with E-state index in [4.69, 9.17) is 4.74 Å². The molecule has 2 fully saturated rings. The molecule has 0 bridgehead atoms. The Hall–Kier alpha value is -0.0800. The summed E-state index contributed by atoms with van der Waals surface area (Å²) in [6.07, 6.45) is 8.88. The normalized spacial score (nSPS) is 29.8. The van der Waals surface area contributed by atoms with Crippen molar-refractivity contribution in [2.24, 2.45) is 11.8 Å². The molecule has 2 aliphatic carbocycles. The van der Waals surface area contributed by atoms with Crippen LogP contribution >= 0.6 is 0 Å². The van der Waals surface area contributed by atoms with E-state index in [1.54, 1.807) is 0 Å². The van der Waals surface area contributed by atoms with Gasteiger partial charge in [-0.15, -0.1) is 0 Å². The minimum Gasteiger partial charge on any atom is -0.377 e. The van der Waals surface area contributed by atoms with Crippen LogP contribution in [0.5, 0.6) is 0 Å². The van der Waals surface area contributed by atoms with E-state index in [-0.39, 0.29) is 0 Å². The third-order valence-corrected chi connectivity index (χ3v) is 4.43. The zero-order chi connectivity index (χ0) is 12.1. The Labute approximate surface area is 107 Å². The van der Waals surface area contributed by atoms with Crippen molar-refractivity contribution in [2.45, 2.75) is 58.5 Å². The Kier molecular flexibility index (Phi) is 5.30. The molecule has 0 radical (unpaired) electrons. The van der Waals surface area contributed by atoms with Gasteiger partial charge in [-0.1, -0.05) is 26.7 Å². The predicted molar refractivity (Wildman–Crippen MR) is 72.2 cm³/mol. The summed E-state index contributed by atoms with van der Waals surface area (Å²) in [5, 5.41) is 0. The number of ether oxygens (including phenoxy) is 1. The monoisotopic (exact) mass is 239 g/mol. The first kappa shape index (κ1) is 13.4. The van der Waals surface area contributed by atoms with Gasteiger partial charge in [0.1, 0.15) is 0 Å². The highest BCUT2D eigenvalue weighted by Gasteiger charge is 2.24. The molecule has 0 heterocycles. The smallest absolute Gasteiger partial charge is 0.0601 e. The van der Waals surface area contributed by atoms with Gasteiger partial charge >= 0.3 is 0 Å². The zero-order valence-corrected chi connectivity index (χ0v) is 11.7. The number of hydrogen-bond acceptors (Lipinski definition) is 2. The van der Waals surface area contributed by atoms with Gasteiger partial charge in [-0.2, -0.15) is 0 Å². The summed E-state index contributed by atoms with van der Waals surface area (Å²) < 4.78 is 6.09. The minimum atomic E-state index is 0.545. The molecule has 0 saturated heterocycles. The van der Waals surface area contributed by atoms with Gasteiger partial charge < -0.3 is 9.64 Å². The fraction of sp³-hybridized carbons (Fsp3) is 1.00. The molecule has 17 heavy (non-hydrogen) atoms. The summed E-state index contributed by atoms with van der Waals surface area (Å²) in [7, 11) is 0. The van der Waals surface area contributed by atoms with Gasteiger partial charge in [-0.25, -0.2) is 0 Å². The summed E-state index contributed by atoms with van der Waals surface area (Å²) in [6.45, 7) is 9.18. The first-order valence-electron chi connectivity index (χ1n) is 7.63. The van der Waals surface area contributed by atoms with Gasteiger partial charge in [0.05, 0.1) is 12.7 Å². The van der Waals surface area contributed by atoms with Crippen LogP contribution in [0.2, 0.25) is 0 Å². The molecule has 0 aromatic carbocycles. The standard InChI is InChI=1S/C15H29NO/c1-3-16(12-14-8-9-14)10-11-17-15-7-5-4-6-13(15)2/h13-15H,3-12H2,1-2H3. The van der Waals surface area contributed by atoms with Gasteiger partial charge in [0.25, 0.3) is 0 Å². The van der Waals surface area contributed by atoms with E-state index in [2.05, 4.69) is 18.7 Å². The molecule has 0 aromatic heterocycles. The molecule has 2 saturated carbocycles. The summed E-state index contributed by atoms with van der Waals surface area (Å²) >= 11 is 0. The molecule has 100 valence electrons. The summed E-state index contributed by atoms with van der Waals surface area (Å²) in [6, 6.07) is 0. The molecule has 0 N–H and O–H groups in total. The Morgan fingerprint density at radius 3 is 2.53 bits per heavy atom. The lowest BCUT2D eigenvalue weighted by molar-refractivity contribution is -0.0137. The van der Waals surface area contributed by atoms with Crippen LogP contribution in [0.4, 0.5) is 0 Å². The number of hydrogen-bond donors (Lipinski definition) is 0. The lowest BCUT2D eigenvalue weighted by atomic mass is 9.88. The lowest BCUT2D eigenvalue weighted by Crippen LogP contribution is -2.33. The third-order valence-electron chi connectivity index (χ3n) is 4.43. The second-order valence-electron chi connectivity index (χ2n) is 6.01. The molecule has 2 nitrogen and oxygen atoms in total. The van der Waals surface area contributed by atoms with Crippen LogP contribution in [-0.4, -0.2) is 37.2 Å². The predicted octanol–water partition coefficient (Wildman–Crippen LogP) is 3.31. The quantitative estimate of drug-likeness (QED) is 0.676. The van der Waals surface area contributed by atoms with Crippen molar-refractivity contribution in [1.29, 1.82) is 0 Å². The number of likely N-dealkylation sites (N-methyl/N-ethyl adjacent to an activating group) is 1. The largest absolute Gasteiger partial charge is 0.377 e. The Morgan fingerprint density at radius 2 is 1.88 bits per heavy atom. The van der Waals surface area contributed by atoms with Crippen molar-refractivity contribution < 1.29 is 4.74 Å². The molecule has 0 aliphatic heterocycles. The highest BCUT2D eigenvalue weighted by atomic mass is 16.5. The van der Waals surface area contributed by atoms with Crippen LogP contribution in [-0.2, 0) is 4.74 Å². The minimum absolute atomic E-state index is 0.545. The average molecular weight is 239 g/mol. The van der Waals surface area contributed by atoms with E-state index < -0.39 is 0 Å². The second kappa shape index (κ2) is 6.75. The van der Waals surface area contributed by atoms with E-state index in [0.29, 0.717) is 6.10 Å². The molecule has 2 unspecified atom stereocenters. The lowest BCUT2D eigenvalue weighted by Gasteiger charge is -2.30. The number of rotatable bonds is 7. The van der Waals surface area contributed by atoms with E-state index >= 15 is 0 Å². The van der Waals surface area contributed by atoms with Crippen molar-refractivity contribution in [1.82, 2.24) is 4.90 Å². The summed E-state index contributed by atoms with van der Waals surface area (Å²) in [5.41, 5.74) is 0. The maximum absolute atomic E-state index is 6.09. The first-order valence-corrected chi connectivity index (χ1v) is 7.63. The highest BCUT2D eigenvalue weighted by molar-refractivity contribution is 4.77. The van der Waals surface area contributed by atoms with Gasteiger partial charge in [-0.05, 0) is 44.1 Å². The van der Waals surface area contributed by atoms with Gasteiger partial charge in [-0.3, -0.25) is 0 Å². The van der Waals surface area contributed by atoms with E-state index in [1.165, 1.54) is 51.6 Å². The average Bonchev–Trinajstić information content (AvgIpc) is 3.14. The SMILES string of the molecule is CCN(CCOC1CCCCC1C)CC1CC1. The first-order chi connectivity index (χ1) is 8.29. The molecular weight excluding hydrogens is 210 g/mol. The Bertz CT molecular complexity index is 215. The van der Waals surface area contributed by atoms with Crippen molar-refractivity contribution in [3.05, 3.63) is 0 Å². The topological polar surface area (TPSA) is 12.5 Å². The van der Waals surface area contributed by atoms with Crippen LogP contribution < -0.4 is 0 Å². The van der Waals surface area contributed by atoms with Crippen LogP contribution in [0.3, 0.4) is 0 Å². The Morgan fingerprint density at radius 1 is 1.12 bits per heavy atom. The summed E-state index contributed by atoms with van der Waals surface area (Å²) in [5.74, 6) is 1.78. The van der Waals surface area contributed by atoms with Gasteiger partial charge in [0.2, 0.25) is 0 Å². The van der Waals surface area contributed by atoms with E-state index in [1.807, 2.05) is 0 Å². The fourth-order valence-electron chi connectivity index (χ4n) is 2.91. The molecule has 2 aliphatic rings. The third kappa shape index (κ3) is 4.59. The maximum atomic E-state index is 6.09. The van der Waals surface area contributed by atoms with Crippen LogP contribution in [0.1, 0.15) is 52.4 Å². The zero-order valence-electron chi connectivity index (χ0n) is 11.7. The van der Waals surface area contributed by atoms with E-state index in [9.17, 15) is 0 Å². The molecule has 0 amide bonds. The van der Waals surface area contributed by atoms with Crippen LogP contribution in [0.15, 0.2) is 0 Å². The van der Waals surface area contributed by atoms with Crippen LogP contribution in [0, 0.1) is 11.8 Å². The van der Waals surface area contributed by atoms with Crippen LogP contribution in [0.25, 0.3) is 0 Å². The van der Waals surface area contributed by atoms with Crippen molar-refractivity contribution in [2.75, 3.05) is 26.2 Å². The second-order valence-corrected chi connectivity index (χ2v) is 6.01. The highest BCUT2D eigenvalue weighted by Crippen LogP contribution is 2.29. The van der Waals surface area contributed by atoms with E-state index in [0.717, 1.165) is 25.0 Å². The molecule has 0 spiro atoms. The van der Waals surface area contributed by atoms with Crippen molar-refractivity contribution in [3.63, 3.8) is 0 Å². The summed E-state index contributed by atoms with van der Waals surface area (Å²) in [4.78, 5) is 2.56. The molecular formula is C15H29NO. The van der Waals surface area contributed by atoms with Crippen molar-refractivity contribution in [3.8, 4) is 0 Å². The van der Waals surface area contributed by atoms with Gasteiger partial charge in [0.15, 0.2) is 0 Å². The molecule has 2 rings (SSSR count). The van der Waals surface area contributed by atoms with Crippen molar-refractivity contribution >= 4 is 0 Å². The molecule has 2 heteroatoms. The maximum Gasteiger partial charge on any atom is 0.0601 e. The fourth-order valence-corrected chi connectivity index (χ4v) is 2.91.